The number of hydrogen-bond acceptors (Lipinski definition) is 3. The Labute approximate surface area is 181 Å². The highest BCUT2D eigenvalue weighted by Crippen LogP contribution is 2.42. The van der Waals surface area contributed by atoms with Gasteiger partial charge < -0.3 is 0 Å². The highest BCUT2D eigenvalue weighted by Gasteiger charge is 2.41. The molecule has 4 heteroatoms. The molecule has 31 heavy (non-hydrogen) atoms. The first kappa shape index (κ1) is 18.9. The van der Waals surface area contributed by atoms with E-state index in [4.69, 9.17) is 0 Å². The second kappa shape index (κ2) is 8.00. The van der Waals surface area contributed by atoms with Crippen molar-refractivity contribution >= 4 is 0 Å². The Morgan fingerprint density at radius 2 is 1.03 bits per heavy atom. The molecule has 0 saturated carbocycles. The summed E-state index contributed by atoms with van der Waals surface area (Å²) >= 11 is 0. The van der Waals surface area contributed by atoms with E-state index in [1.807, 2.05) is 22.9 Å². The van der Waals surface area contributed by atoms with Crippen LogP contribution in [-0.2, 0) is 5.54 Å². The molecule has 5 rings (SSSR count). The molecule has 0 radical (unpaired) electrons. The molecular formula is C27H22N4. The largest absolute Gasteiger partial charge is 0.206 e. The Bertz CT molecular complexity index is 1160. The van der Waals surface area contributed by atoms with E-state index in [-0.39, 0.29) is 0 Å². The van der Waals surface area contributed by atoms with Crippen LogP contribution in [0.2, 0.25) is 0 Å². The molecule has 0 aliphatic heterocycles. The molecule has 0 spiro atoms. The van der Waals surface area contributed by atoms with Crippen LogP contribution in [0.15, 0.2) is 115 Å². The zero-order chi connectivity index (χ0) is 21.1. The second-order valence-electron chi connectivity index (χ2n) is 7.59. The number of aromatic nitrogens is 4. The van der Waals surface area contributed by atoms with Gasteiger partial charge in [0.2, 0.25) is 0 Å². The lowest BCUT2D eigenvalue weighted by molar-refractivity contribution is 0.451. The maximum absolute atomic E-state index is 4.57. The summed E-state index contributed by atoms with van der Waals surface area (Å²) in [6, 6.07) is 39.6. The van der Waals surface area contributed by atoms with Crippen molar-refractivity contribution in [2.45, 2.75) is 12.5 Å². The summed E-state index contributed by atoms with van der Waals surface area (Å²) in [5.41, 5.74) is 4.72. The van der Waals surface area contributed by atoms with Crippen LogP contribution >= 0.6 is 0 Å². The lowest BCUT2D eigenvalue weighted by Gasteiger charge is -2.36. The van der Waals surface area contributed by atoms with Gasteiger partial charge in [-0.3, -0.25) is 0 Å². The van der Waals surface area contributed by atoms with Crippen LogP contribution in [-0.4, -0.2) is 20.2 Å². The van der Waals surface area contributed by atoms with Gasteiger partial charge in [-0.15, -0.1) is 5.10 Å². The van der Waals surface area contributed by atoms with Crippen LogP contribution in [0, 0.1) is 6.92 Å². The topological polar surface area (TPSA) is 43.6 Å². The number of nitrogens with zero attached hydrogens (tertiary/aromatic N) is 4. The van der Waals surface area contributed by atoms with Gasteiger partial charge in [-0.2, -0.15) is 0 Å². The summed E-state index contributed by atoms with van der Waals surface area (Å²) in [4.78, 5) is 0. The highest BCUT2D eigenvalue weighted by molar-refractivity contribution is 5.59. The summed E-state index contributed by atoms with van der Waals surface area (Å²) in [6.07, 6.45) is 0. The van der Waals surface area contributed by atoms with Crippen molar-refractivity contribution in [3.63, 3.8) is 0 Å². The Hall–Kier alpha value is -4.05. The molecule has 4 nitrogen and oxygen atoms in total. The van der Waals surface area contributed by atoms with Gasteiger partial charge in [-0.05, 0) is 34.0 Å². The molecule has 0 aliphatic rings. The van der Waals surface area contributed by atoms with Crippen LogP contribution in [0.4, 0.5) is 0 Å². The van der Waals surface area contributed by atoms with E-state index in [0.717, 1.165) is 28.1 Å². The summed E-state index contributed by atoms with van der Waals surface area (Å²) in [6.45, 7) is 2.08. The fourth-order valence-electron chi connectivity index (χ4n) is 4.20. The van der Waals surface area contributed by atoms with Crippen LogP contribution in [0.25, 0.3) is 11.4 Å². The Balaban J connectivity index is 1.89. The van der Waals surface area contributed by atoms with E-state index in [1.54, 1.807) is 0 Å². The van der Waals surface area contributed by atoms with Crippen LogP contribution in [0.1, 0.15) is 22.3 Å². The minimum atomic E-state index is -0.729. The molecule has 4 aromatic carbocycles. The molecule has 0 N–H and O–H groups in total. The predicted molar refractivity (Wildman–Crippen MR) is 123 cm³/mol. The maximum atomic E-state index is 4.57. The smallest absolute Gasteiger partial charge is 0.183 e. The van der Waals surface area contributed by atoms with Crippen molar-refractivity contribution < 1.29 is 0 Å². The minimum absolute atomic E-state index is 0.719. The summed E-state index contributed by atoms with van der Waals surface area (Å²) in [7, 11) is 0. The van der Waals surface area contributed by atoms with Crippen molar-refractivity contribution in [3.05, 3.63) is 138 Å². The molecule has 0 bridgehead atoms. The molecule has 0 atom stereocenters. The average Bonchev–Trinajstić information content (AvgIpc) is 3.32. The van der Waals surface area contributed by atoms with E-state index < -0.39 is 5.54 Å². The molecular weight excluding hydrogens is 380 g/mol. The predicted octanol–water partition coefficient (Wildman–Crippen LogP) is 5.49. The summed E-state index contributed by atoms with van der Waals surface area (Å²) < 4.78 is 1.96. The SMILES string of the molecule is Cc1ccc(-c2nnnn2C(c2ccccc2)(c2ccccc2)c2ccccc2)cc1. The van der Waals surface area contributed by atoms with Crippen molar-refractivity contribution in [2.24, 2.45) is 0 Å². The lowest BCUT2D eigenvalue weighted by atomic mass is 9.77. The van der Waals surface area contributed by atoms with E-state index in [2.05, 4.69) is 120 Å². The van der Waals surface area contributed by atoms with Gasteiger partial charge in [0.05, 0.1) is 0 Å². The van der Waals surface area contributed by atoms with Gasteiger partial charge in [0.15, 0.2) is 5.82 Å². The molecule has 150 valence electrons. The second-order valence-corrected chi connectivity index (χ2v) is 7.59. The first-order chi connectivity index (χ1) is 15.3. The average molecular weight is 403 g/mol. The van der Waals surface area contributed by atoms with E-state index in [1.165, 1.54) is 5.56 Å². The monoisotopic (exact) mass is 402 g/mol. The van der Waals surface area contributed by atoms with Crippen LogP contribution < -0.4 is 0 Å². The summed E-state index contributed by atoms with van der Waals surface area (Å²) in [5, 5.41) is 13.2. The molecule has 0 unspecified atom stereocenters. The number of benzene rings is 4. The van der Waals surface area contributed by atoms with E-state index >= 15 is 0 Å². The Morgan fingerprint density at radius 3 is 1.48 bits per heavy atom. The molecule has 1 heterocycles. The first-order valence-corrected chi connectivity index (χ1v) is 10.3. The zero-order valence-corrected chi connectivity index (χ0v) is 17.3. The van der Waals surface area contributed by atoms with Gasteiger partial charge in [0, 0.05) is 5.56 Å². The first-order valence-electron chi connectivity index (χ1n) is 10.3. The van der Waals surface area contributed by atoms with Gasteiger partial charge in [-0.25, -0.2) is 4.68 Å². The molecule has 0 fully saturated rings. The molecule has 5 aromatic rings. The molecule has 0 amide bonds. The summed E-state index contributed by atoms with van der Waals surface area (Å²) in [5.74, 6) is 0.719. The number of tetrazole rings is 1. The van der Waals surface area contributed by atoms with Crippen LogP contribution in [0.5, 0.6) is 0 Å². The van der Waals surface area contributed by atoms with Crippen molar-refractivity contribution in [1.82, 2.24) is 20.2 Å². The Kier molecular flexibility index (Phi) is 4.89. The third-order valence-electron chi connectivity index (χ3n) is 5.67. The quantitative estimate of drug-likeness (QED) is 0.365. The molecule has 0 aliphatic carbocycles. The van der Waals surface area contributed by atoms with Gasteiger partial charge in [-0.1, -0.05) is 121 Å². The number of hydrogen-bond donors (Lipinski definition) is 0. The fraction of sp³-hybridized carbons (Fsp3) is 0.0741. The maximum Gasteiger partial charge on any atom is 0.183 e. The van der Waals surface area contributed by atoms with E-state index in [0.29, 0.717) is 0 Å². The molecule has 0 saturated heterocycles. The van der Waals surface area contributed by atoms with Crippen molar-refractivity contribution in [2.75, 3.05) is 0 Å². The number of rotatable bonds is 5. The van der Waals surface area contributed by atoms with E-state index in [9.17, 15) is 0 Å². The van der Waals surface area contributed by atoms with Gasteiger partial charge in [0.1, 0.15) is 5.54 Å². The molecule has 1 aromatic heterocycles. The third-order valence-corrected chi connectivity index (χ3v) is 5.67. The Morgan fingerprint density at radius 1 is 0.581 bits per heavy atom. The van der Waals surface area contributed by atoms with Gasteiger partial charge >= 0.3 is 0 Å². The third kappa shape index (κ3) is 3.22. The standard InChI is InChI=1S/C27H22N4/c1-21-17-19-22(20-18-21)26-28-29-30-31(26)27(23-11-5-2-6-12-23,24-13-7-3-8-14-24)25-15-9-4-10-16-25/h2-20H,1H3. The van der Waals surface area contributed by atoms with Crippen LogP contribution in [0.3, 0.4) is 0 Å². The number of aryl methyl sites for hydroxylation is 1. The zero-order valence-electron chi connectivity index (χ0n) is 17.3. The lowest BCUT2D eigenvalue weighted by Crippen LogP contribution is -2.39. The fourth-order valence-corrected chi connectivity index (χ4v) is 4.20. The van der Waals surface area contributed by atoms with Crippen molar-refractivity contribution in [3.8, 4) is 11.4 Å². The van der Waals surface area contributed by atoms with Crippen molar-refractivity contribution in [1.29, 1.82) is 0 Å². The van der Waals surface area contributed by atoms with Gasteiger partial charge in [0.25, 0.3) is 0 Å². The normalized spacial score (nSPS) is 11.4. The highest BCUT2D eigenvalue weighted by atomic mass is 15.6. The minimum Gasteiger partial charge on any atom is -0.206 e.